The minimum Gasteiger partial charge on any atom is -0.484 e. The van der Waals surface area contributed by atoms with Crippen molar-refractivity contribution in [3.05, 3.63) is 36.0 Å². The maximum atomic E-state index is 11.8. The number of amides is 1. The Morgan fingerprint density at radius 2 is 2.25 bits per heavy atom. The van der Waals surface area contributed by atoms with E-state index in [4.69, 9.17) is 15.0 Å². The smallest absolute Gasteiger partial charge is 0.264 e. The van der Waals surface area contributed by atoms with Gasteiger partial charge in [0, 0.05) is 17.7 Å². The van der Waals surface area contributed by atoms with Gasteiger partial charge in [0.1, 0.15) is 5.75 Å². The molecule has 1 amide bonds. The highest BCUT2D eigenvalue weighted by molar-refractivity contribution is 5.94. The van der Waals surface area contributed by atoms with E-state index in [0.29, 0.717) is 17.5 Å². The van der Waals surface area contributed by atoms with Crippen LogP contribution in [0.15, 0.2) is 28.8 Å². The predicted octanol–water partition coefficient (Wildman–Crippen LogP) is 2.33. The second kappa shape index (κ2) is 5.90. The molecule has 24 heavy (non-hydrogen) atoms. The second-order valence-corrected chi connectivity index (χ2v) is 6.60. The van der Waals surface area contributed by atoms with Crippen LogP contribution < -0.4 is 15.8 Å². The molecule has 0 spiro atoms. The van der Waals surface area contributed by atoms with E-state index >= 15 is 0 Å². The normalized spacial score (nSPS) is 18.7. The van der Waals surface area contributed by atoms with E-state index < -0.39 is 5.54 Å². The third-order valence-corrected chi connectivity index (χ3v) is 4.57. The number of ether oxygens (including phenoxy) is 1. The van der Waals surface area contributed by atoms with E-state index in [1.54, 1.807) is 6.07 Å². The monoisotopic (exact) mass is 328 g/mol. The summed E-state index contributed by atoms with van der Waals surface area (Å²) in [5.74, 6) is 1.82. The number of benzene rings is 1. The van der Waals surface area contributed by atoms with Gasteiger partial charge in [0.05, 0.1) is 5.54 Å². The molecule has 0 atom stereocenters. The predicted molar refractivity (Wildman–Crippen MR) is 86.1 cm³/mol. The Kier molecular flexibility index (Phi) is 3.72. The molecular weight excluding hydrogens is 308 g/mol. The molecule has 1 aromatic carbocycles. The van der Waals surface area contributed by atoms with Crippen molar-refractivity contribution >= 4 is 11.6 Å². The quantitative estimate of drug-likeness (QED) is 0.843. The molecule has 0 saturated heterocycles. The van der Waals surface area contributed by atoms with Crippen LogP contribution in [0.2, 0.25) is 0 Å². The summed E-state index contributed by atoms with van der Waals surface area (Å²) in [7, 11) is 0. The lowest BCUT2D eigenvalue weighted by Gasteiger charge is -2.34. The zero-order valence-corrected chi connectivity index (χ0v) is 13.3. The Labute approximate surface area is 139 Å². The summed E-state index contributed by atoms with van der Waals surface area (Å²) >= 11 is 0. The van der Waals surface area contributed by atoms with Crippen LogP contribution in [-0.4, -0.2) is 16.0 Å². The van der Waals surface area contributed by atoms with Crippen LogP contribution in [0.3, 0.4) is 0 Å². The zero-order chi connectivity index (χ0) is 16.6. The molecule has 1 aromatic heterocycles. The summed E-state index contributed by atoms with van der Waals surface area (Å²) in [6.45, 7) is 0.170. The van der Waals surface area contributed by atoms with Gasteiger partial charge in [-0.25, -0.2) is 0 Å². The molecular formula is C17H20N4O3. The van der Waals surface area contributed by atoms with Gasteiger partial charge in [0.15, 0.2) is 12.4 Å². The summed E-state index contributed by atoms with van der Waals surface area (Å²) in [4.78, 5) is 16.1. The Bertz CT molecular complexity index is 750. The highest BCUT2D eigenvalue weighted by Gasteiger charge is 2.39. The molecule has 7 nitrogen and oxygen atoms in total. The molecule has 1 heterocycles. The Balaban J connectivity index is 1.36. The second-order valence-electron chi connectivity index (χ2n) is 6.60. The molecule has 0 aliphatic heterocycles. The molecule has 2 aromatic rings. The lowest BCUT2D eigenvalue weighted by Crippen LogP contribution is -2.44. The van der Waals surface area contributed by atoms with E-state index in [2.05, 4.69) is 15.5 Å². The van der Waals surface area contributed by atoms with E-state index in [1.165, 1.54) is 0 Å². The van der Waals surface area contributed by atoms with Crippen LogP contribution in [0.4, 0.5) is 5.69 Å². The summed E-state index contributed by atoms with van der Waals surface area (Å²) in [6.07, 6.45) is 4.82. The summed E-state index contributed by atoms with van der Waals surface area (Å²) < 4.78 is 10.9. The van der Waals surface area contributed by atoms with Crippen LogP contribution in [0.25, 0.3) is 0 Å². The molecule has 0 bridgehead atoms. The van der Waals surface area contributed by atoms with Gasteiger partial charge in [0.2, 0.25) is 5.91 Å². The van der Waals surface area contributed by atoms with Crippen LogP contribution >= 0.6 is 0 Å². The van der Waals surface area contributed by atoms with Crippen molar-refractivity contribution in [2.24, 2.45) is 11.7 Å². The standard InChI is InChI=1S/C17H20N4O3/c18-17(7-2-8-17)16-20-14(24-21-16)10-23-13-4-1-3-12(9-13)19-15(22)11-5-6-11/h1,3-4,9,11H,2,5-8,10,18H2,(H,19,22). The van der Waals surface area contributed by atoms with Crippen molar-refractivity contribution in [1.82, 2.24) is 10.1 Å². The van der Waals surface area contributed by atoms with Gasteiger partial charge >= 0.3 is 0 Å². The van der Waals surface area contributed by atoms with Gasteiger partial charge in [-0.05, 0) is 44.2 Å². The Morgan fingerprint density at radius 1 is 1.42 bits per heavy atom. The van der Waals surface area contributed by atoms with Crippen LogP contribution in [0.1, 0.15) is 43.8 Å². The van der Waals surface area contributed by atoms with E-state index in [9.17, 15) is 4.79 Å². The highest BCUT2D eigenvalue weighted by atomic mass is 16.5. The average Bonchev–Trinajstić information content (AvgIpc) is 3.30. The van der Waals surface area contributed by atoms with Crippen molar-refractivity contribution in [2.75, 3.05) is 5.32 Å². The first kappa shape index (κ1) is 15.1. The third-order valence-electron chi connectivity index (χ3n) is 4.57. The molecule has 2 aliphatic rings. The molecule has 7 heteroatoms. The molecule has 2 fully saturated rings. The topological polar surface area (TPSA) is 103 Å². The van der Waals surface area contributed by atoms with Gasteiger partial charge in [0.25, 0.3) is 5.89 Å². The maximum absolute atomic E-state index is 11.8. The van der Waals surface area contributed by atoms with E-state index in [0.717, 1.165) is 37.8 Å². The minimum atomic E-state index is -0.436. The molecule has 2 saturated carbocycles. The molecule has 3 N–H and O–H groups in total. The first-order chi connectivity index (χ1) is 11.6. The van der Waals surface area contributed by atoms with Crippen molar-refractivity contribution in [2.45, 2.75) is 44.2 Å². The number of hydrogen-bond acceptors (Lipinski definition) is 6. The van der Waals surface area contributed by atoms with Crippen molar-refractivity contribution in [1.29, 1.82) is 0 Å². The number of nitrogens with two attached hydrogens (primary N) is 1. The number of aromatic nitrogens is 2. The fourth-order valence-electron chi connectivity index (χ4n) is 2.70. The van der Waals surface area contributed by atoms with Crippen molar-refractivity contribution in [3.8, 4) is 5.75 Å². The van der Waals surface area contributed by atoms with Gasteiger partial charge in [-0.3, -0.25) is 4.79 Å². The fourth-order valence-corrected chi connectivity index (χ4v) is 2.70. The molecule has 2 aliphatic carbocycles. The van der Waals surface area contributed by atoms with Crippen molar-refractivity contribution in [3.63, 3.8) is 0 Å². The highest BCUT2D eigenvalue weighted by Crippen LogP contribution is 2.37. The molecule has 4 rings (SSSR count). The number of nitrogens with zero attached hydrogens (tertiary/aromatic N) is 2. The Hall–Kier alpha value is -2.41. The lowest BCUT2D eigenvalue weighted by atomic mass is 9.77. The number of carbonyl (C=O) groups is 1. The lowest BCUT2D eigenvalue weighted by molar-refractivity contribution is -0.117. The van der Waals surface area contributed by atoms with Gasteiger partial charge in [-0.2, -0.15) is 4.98 Å². The zero-order valence-electron chi connectivity index (χ0n) is 13.3. The number of hydrogen-bond donors (Lipinski definition) is 2. The van der Waals surface area contributed by atoms with Gasteiger partial charge < -0.3 is 20.3 Å². The van der Waals surface area contributed by atoms with E-state index in [1.807, 2.05) is 18.2 Å². The average molecular weight is 328 g/mol. The van der Waals surface area contributed by atoms with Crippen LogP contribution in [0, 0.1) is 5.92 Å². The van der Waals surface area contributed by atoms with Crippen molar-refractivity contribution < 1.29 is 14.1 Å². The molecule has 126 valence electrons. The summed E-state index contributed by atoms with van der Waals surface area (Å²) in [5.41, 5.74) is 6.47. The Morgan fingerprint density at radius 3 is 2.96 bits per heavy atom. The number of nitrogens with one attached hydrogen (secondary N) is 1. The SMILES string of the molecule is NC1(c2noc(COc3cccc(NC(=O)C4CC4)c3)n2)CCC1. The van der Waals surface area contributed by atoms with Gasteiger partial charge in [-0.15, -0.1) is 0 Å². The minimum absolute atomic E-state index is 0.0717. The molecule has 0 unspecified atom stereocenters. The maximum Gasteiger partial charge on any atom is 0.264 e. The number of rotatable bonds is 6. The first-order valence-electron chi connectivity index (χ1n) is 8.28. The van der Waals surface area contributed by atoms with Crippen LogP contribution in [-0.2, 0) is 16.9 Å². The summed E-state index contributed by atoms with van der Waals surface area (Å²) in [6, 6.07) is 7.28. The number of carbonyl (C=O) groups excluding carboxylic acids is 1. The van der Waals surface area contributed by atoms with E-state index in [-0.39, 0.29) is 18.4 Å². The third kappa shape index (κ3) is 3.12. The fraction of sp³-hybridized carbons (Fsp3) is 0.471. The first-order valence-corrected chi connectivity index (χ1v) is 8.28. The number of anilines is 1. The van der Waals surface area contributed by atoms with Crippen LogP contribution in [0.5, 0.6) is 5.75 Å². The summed E-state index contributed by atoms with van der Waals surface area (Å²) in [5, 5.41) is 6.85. The van der Waals surface area contributed by atoms with Gasteiger partial charge in [-0.1, -0.05) is 11.2 Å². The molecule has 0 radical (unpaired) electrons. The largest absolute Gasteiger partial charge is 0.484 e.